The Bertz CT molecular complexity index is 4230. The highest BCUT2D eigenvalue weighted by Crippen LogP contribution is 2.62. The second-order valence-corrected chi connectivity index (χ2v) is 25.9. The molecule has 0 radical (unpaired) electrons. The van der Waals surface area contributed by atoms with E-state index < -0.39 is 10.8 Å². The molecule has 412 valence electrons. The lowest BCUT2D eigenvalue weighted by molar-refractivity contribution is 0.454. The molecule has 5 nitrogen and oxygen atoms in total. The van der Waals surface area contributed by atoms with Crippen molar-refractivity contribution in [1.29, 1.82) is 0 Å². The fourth-order valence-corrected chi connectivity index (χ4v) is 15.1. The minimum atomic E-state index is -0.466. The van der Waals surface area contributed by atoms with Gasteiger partial charge in [0, 0.05) is 90.2 Å². The minimum absolute atomic E-state index is 0.129. The first kappa shape index (κ1) is 51.1. The van der Waals surface area contributed by atoms with E-state index in [9.17, 15) is 0 Å². The molecule has 2 aliphatic carbocycles. The van der Waals surface area contributed by atoms with Crippen LogP contribution in [0.4, 0.5) is 68.2 Å². The highest BCUT2D eigenvalue weighted by atomic mass is 16.5. The Hall–Kier alpha value is -9.52. The van der Waals surface area contributed by atoms with Crippen LogP contribution in [0.5, 0.6) is 11.5 Å². The first-order chi connectivity index (χ1) is 41.0. The maximum atomic E-state index is 8.30. The molecule has 0 aromatic heterocycles. The standard InChI is InChI=1S/C79H67BN4O/c1-46-12-24-53(25-13-46)81(54-26-14-47(2)15-27-54)59-36-38-61-63-44-69-74-76(71(63)78(8,9)65(61)42-59)85-77-72-64(62-39-37-60(43-66(62)79(72,10)11)82(55-28-16-48(3)17-29-55)56-30-18-49(4)19-31-56)45-70-75(77)80(74)73-67(83(69)57-32-20-50(5)21-33-57)40-52(7)41-68(73)84(70)58-34-22-51(6)23-35-58/h12-45H,1-11H3. The lowest BCUT2D eigenvalue weighted by Crippen LogP contribution is -2.64. The Labute approximate surface area is 501 Å². The molecular formula is C79H67BN4O. The summed E-state index contributed by atoms with van der Waals surface area (Å²) in [6, 6.07) is 78.4. The monoisotopic (exact) mass is 1100 g/mol. The number of fused-ring (bicyclic) bond motifs is 8. The van der Waals surface area contributed by atoms with Gasteiger partial charge in [-0.1, -0.05) is 146 Å². The first-order valence-electron chi connectivity index (χ1n) is 30.2. The smallest absolute Gasteiger partial charge is 0.261 e. The molecule has 0 spiro atoms. The van der Waals surface area contributed by atoms with Gasteiger partial charge in [0.05, 0.1) is 0 Å². The average molecular weight is 1100 g/mol. The van der Waals surface area contributed by atoms with Crippen LogP contribution >= 0.6 is 0 Å². The van der Waals surface area contributed by atoms with E-state index in [4.69, 9.17) is 4.74 Å². The maximum Gasteiger partial charge on any atom is 0.261 e. The second-order valence-electron chi connectivity index (χ2n) is 25.9. The molecule has 0 N–H and O–H groups in total. The molecule has 11 aromatic rings. The van der Waals surface area contributed by atoms with Gasteiger partial charge in [0.25, 0.3) is 6.71 Å². The fourth-order valence-electron chi connectivity index (χ4n) is 15.1. The van der Waals surface area contributed by atoms with Crippen LogP contribution in [0.3, 0.4) is 0 Å². The number of rotatable bonds is 8. The summed E-state index contributed by atoms with van der Waals surface area (Å²) < 4.78 is 8.30. The summed E-state index contributed by atoms with van der Waals surface area (Å²) in [5.74, 6) is 1.97. The highest BCUT2D eigenvalue weighted by molar-refractivity contribution is 7.01. The number of nitrogens with zero attached hydrogens (tertiary/aromatic N) is 4. The number of hydrogen-bond donors (Lipinski definition) is 0. The van der Waals surface area contributed by atoms with E-state index >= 15 is 0 Å². The number of ether oxygens (including phenoxy) is 1. The summed E-state index contributed by atoms with van der Waals surface area (Å²) in [6.45, 7) is 24.9. The fraction of sp³-hybridized carbons (Fsp3) is 0.165. The molecule has 3 heterocycles. The molecule has 0 unspecified atom stereocenters. The topological polar surface area (TPSA) is 22.2 Å². The molecule has 0 fully saturated rings. The zero-order valence-corrected chi connectivity index (χ0v) is 50.4. The third-order valence-corrected chi connectivity index (χ3v) is 19.4. The predicted molar refractivity (Wildman–Crippen MR) is 358 cm³/mol. The Balaban J connectivity index is 0.961. The molecular weight excluding hydrogens is 1030 g/mol. The van der Waals surface area contributed by atoms with Gasteiger partial charge in [-0.25, -0.2) is 0 Å². The Kier molecular flexibility index (Phi) is 11.0. The van der Waals surface area contributed by atoms with Gasteiger partial charge in [-0.3, -0.25) is 0 Å². The van der Waals surface area contributed by atoms with Gasteiger partial charge in [0.2, 0.25) is 0 Å². The molecule has 0 saturated heterocycles. The SMILES string of the molecule is Cc1ccc(N(c2ccc(C)cc2)c2ccc3c(c2)C(C)(C)c2c-3cc3c4c2Oc2c5c(cc6c2C(C)(C)c2cc(N(c7ccc(C)cc7)c7ccc(C)cc7)ccc2-6)N(c2ccc(C)cc2)c2cc(C)cc(c2B45)N3c2ccc(C)cc2)cc1. The van der Waals surface area contributed by atoms with Crippen molar-refractivity contribution in [3.63, 3.8) is 0 Å². The van der Waals surface area contributed by atoms with E-state index in [-0.39, 0.29) is 6.71 Å². The minimum Gasteiger partial charge on any atom is -0.458 e. The van der Waals surface area contributed by atoms with Crippen LogP contribution in [0.1, 0.15) is 88.9 Å². The Morgan fingerprint density at radius 2 is 0.600 bits per heavy atom. The number of aryl methyl sites for hydroxylation is 7. The summed E-state index contributed by atoms with van der Waals surface area (Å²) in [5.41, 5.74) is 35.2. The van der Waals surface area contributed by atoms with E-state index in [0.29, 0.717) is 0 Å². The normalized spacial score (nSPS) is 14.5. The van der Waals surface area contributed by atoms with E-state index in [1.807, 2.05) is 0 Å². The van der Waals surface area contributed by atoms with Crippen LogP contribution in [0.25, 0.3) is 22.3 Å². The highest BCUT2D eigenvalue weighted by Gasteiger charge is 2.55. The molecule has 0 amide bonds. The van der Waals surface area contributed by atoms with Crippen molar-refractivity contribution in [2.75, 3.05) is 19.6 Å². The zero-order valence-electron chi connectivity index (χ0n) is 50.4. The van der Waals surface area contributed by atoms with E-state index in [2.05, 4.69) is 302 Å². The van der Waals surface area contributed by atoms with Crippen molar-refractivity contribution >= 4 is 91.3 Å². The van der Waals surface area contributed by atoms with Gasteiger partial charge in [-0.05, 0) is 225 Å². The van der Waals surface area contributed by atoms with Crippen molar-refractivity contribution in [3.05, 3.63) is 267 Å². The largest absolute Gasteiger partial charge is 0.458 e. The maximum absolute atomic E-state index is 8.30. The molecule has 0 bridgehead atoms. The van der Waals surface area contributed by atoms with Gasteiger partial charge in [-0.15, -0.1) is 0 Å². The lowest BCUT2D eigenvalue weighted by Gasteiger charge is -2.48. The molecule has 0 saturated carbocycles. The number of hydrogen-bond acceptors (Lipinski definition) is 5. The van der Waals surface area contributed by atoms with Crippen molar-refractivity contribution in [2.45, 2.75) is 87.0 Å². The van der Waals surface area contributed by atoms with Crippen LogP contribution in [-0.2, 0) is 10.8 Å². The van der Waals surface area contributed by atoms with E-state index in [1.165, 1.54) is 123 Å². The summed E-state index contributed by atoms with van der Waals surface area (Å²) >= 11 is 0. The van der Waals surface area contributed by atoms with Crippen LogP contribution in [0, 0.1) is 48.5 Å². The van der Waals surface area contributed by atoms with Crippen LogP contribution in [0.15, 0.2) is 206 Å². The molecule has 3 aliphatic heterocycles. The second kappa shape index (κ2) is 18.2. The van der Waals surface area contributed by atoms with Gasteiger partial charge in [0.15, 0.2) is 0 Å². The third-order valence-electron chi connectivity index (χ3n) is 19.4. The third kappa shape index (κ3) is 7.50. The van der Waals surface area contributed by atoms with E-state index in [0.717, 1.165) is 57.0 Å². The molecule has 6 heteroatoms. The van der Waals surface area contributed by atoms with Gasteiger partial charge >= 0.3 is 0 Å². The lowest BCUT2D eigenvalue weighted by atomic mass is 9.32. The van der Waals surface area contributed by atoms with Crippen molar-refractivity contribution in [3.8, 4) is 33.8 Å². The van der Waals surface area contributed by atoms with Gasteiger partial charge < -0.3 is 24.3 Å². The number of benzene rings is 11. The zero-order chi connectivity index (χ0) is 58.1. The summed E-state index contributed by atoms with van der Waals surface area (Å²) in [7, 11) is 0. The quantitative estimate of drug-likeness (QED) is 0.141. The first-order valence-corrected chi connectivity index (χ1v) is 30.2. The average Bonchev–Trinajstić information content (AvgIpc) is 1.67. The Morgan fingerprint density at radius 3 is 0.929 bits per heavy atom. The predicted octanol–water partition coefficient (Wildman–Crippen LogP) is 19.6. The molecule has 0 atom stereocenters. The van der Waals surface area contributed by atoms with Crippen LogP contribution < -0.4 is 40.7 Å². The summed E-state index contributed by atoms with van der Waals surface area (Å²) in [4.78, 5) is 9.95. The number of anilines is 12. The van der Waals surface area contributed by atoms with Crippen LogP contribution in [0.2, 0.25) is 0 Å². The van der Waals surface area contributed by atoms with Crippen molar-refractivity contribution < 1.29 is 4.74 Å². The summed E-state index contributed by atoms with van der Waals surface area (Å²) in [6.07, 6.45) is 0. The summed E-state index contributed by atoms with van der Waals surface area (Å²) in [5, 5.41) is 0. The van der Waals surface area contributed by atoms with E-state index in [1.54, 1.807) is 0 Å². The molecule has 5 aliphatic rings. The van der Waals surface area contributed by atoms with Gasteiger partial charge in [0.1, 0.15) is 11.5 Å². The Morgan fingerprint density at radius 1 is 0.306 bits per heavy atom. The van der Waals surface area contributed by atoms with Crippen molar-refractivity contribution in [1.82, 2.24) is 0 Å². The molecule has 11 aromatic carbocycles. The van der Waals surface area contributed by atoms with Gasteiger partial charge in [-0.2, -0.15) is 0 Å². The van der Waals surface area contributed by atoms with Crippen molar-refractivity contribution in [2.24, 2.45) is 0 Å². The van der Waals surface area contributed by atoms with Crippen LogP contribution in [-0.4, -0.2) is 6.71 Å². The molecule has 85 heavy (non-hydrogen) atoms. The molecule has 16 rings (SSSR count).